The number of hydrogen-bond acceptors (Lipinski definition) is 3. The Hall–Kier alpha value is -2.17. The van der Waals surface area contributed by atoms with Crippen LogP contribution in [0.1, 0.15) is 36.3 Å². The largest absolute Gasteiger partial charge is 0.370 e. The van der Waals surface area contributed by atoms with Crippen molar-refractivity contribution in [3.63, 3.8) is 0 Å². The maximum atomic E-state index is 12.4. The lowest BCUT2D eigenvalue weighted by Crippen LogP contribution is -2.33. The Morgan fingerprint density at radius 1 is 0.875 bits per heavy atom. The molecule has 24 heavy (non-hydrogen) atoms. The molecule has 1 atom stereocenters. The first-order chi connectivity index (χ1) is 11.1. The van der Waals surface area contributed by atoms with Gasteiger partial charge in [0.15, 0.2) is 0 Å². The molecule has 0 fully saturated rings. The van der Waals surface area contributed by atoms with Gasteiger partial charge in [-0.15, -0.1) is 12.4 Å². The van der Waals surface area contributed by atoms with Crippen molar-refractivity contribution in [2.75, 3.05) is 0 Å². The topological polar surface area (TPSA) is 86.2 Å². The number of nitrogens with two attached hydrogens (primary N) is 2. The molecule has 0 saturated heterocycles. The van der Waals surface area contributed by atoms with Crippen molar-refractivity contribution in [1.82, 2.24) is 0 Å². The summed E-state index contributed by atoms with van der Waals surface area (Å²) in [7, 11) is 0. The number of carbonyl (C=O) groups is 2. The minimum Gasteiger partial charge on any atom is -0.370 e. The molecular weight excluding hydrogens is 324 g/mol. The third-order valence-corrected chi connectivity index (χ3v) is 3.92. The second kappa shape index (κ2) is 9.85. The minimum atomic E-state index is -0.655. The molecule has 1 amide bonds. The molecule has 0 aliphatic heterocycles. The quantitative estimate of drug-likeness (QED) is 0.770. The van der Waals surface area contributed by atoms with Crippen molar-refractivity contribution >= 4 is 24.1 Å². The molecule has 0 aliphatic rings. The summed E-state index contributed by atoms with van der Waals surface area (Å²) in [6.45, 7) is 0. The number of carbonyl (C=O) groups excluding carboxylic acids is 2. The Morgan fingerprint density at radius 2 is 1.33 bits per heavy atom. The molecule has 2 aromatic rings. The van der Waals surface area contributed by atoms with Crippen molar-refractivity contribution in [3.05, 3.63) is 71.8 Å². The lowest BCUT2D eigenvalue weighted by atomic mass is 9.85. The van der Waals surface area contributed by atoms with Gasteiger partial charge in [-0.05, 0) is 17.5 Å². The summed E-state index contributed by atoms with van der Waals surface area (Å²) in [6, 6.07) is 19.1. The van der Waals surface area contributed by atoms with E-state index in [1.807, 2.05) is 60.7 Å². The summed E-state index contributed by atoms with van der Waals surface area (Å²) in [5, 5.41) is 0. The predicted octanol–water partition coefficient (Wildman–Crippen LogP) is 2.79. The number of primary amides is 1. The minimum absolute atomic E-state index is 0. The first kappa shape index (κ1) is 19.9. The van der Waals surface area contributed by atoms with Crippen molar-refractivity contribution in [2.24, 2.45) is 11.5 Å². The third kappa shape index (κ3) is 5.80. The average Bonchev–Trinajstić information content (AvgIpc) is 2.58. The molecule has 0 heterocycles. The predicted molar refractivity (Wildman–Crippen MR) is 98.0 cm³/mol. The smallest absolute Gasteiger partial charge is 0.217 e. The van der Waals surface area contributed by atoms with Crippen molar-refractivity contribution in [1.29, 1.82) is 0 Å². The van der Waals surface area contributed by atoms with E-state index in [1.165, 1.54) is 0 Å². The molecule has 4 N–H and O–H groups in total. The fourth-order valence-corrected chi connectivity index (χ4v) is 2.61. The van der Waals surface area contributed by atoms with Crippen LogP contribution < -0.4 is 11.5 Å². The monoisotopic (exact) mass is 346 g/mol. The van der Waals surface area contributed by atoms with Gasteiger partial charge in [0.05, 0.1) is 6.04 Å². The SMILES string of the molecule is Cl.NC(=O)CC[C@@H](N)C(=O)CC(c1ccccc1)c1ccccc1. The Bertz CT molecular complexity index is 607. The van der Waals surface area contributed by atoms with Crippen LogP contribution in [-0.2, 0) is 9.59 Å². The first-order valence-corrected chi connectivity index (χ1v) is 7.74. The van der Waals surface area contributed by atoms with Gasteiger partial charge < -0.3 is 11.5 Å². The lowest BCUT2D eigenvalue weighted by molar-refractivity contribution is -0.121. The number of amides is 1. The molecule has 4 nitrogen and oxygen atoms in total. The van der Waals surface area contributed by atoms with E-state index in [-0.39, 0.29) is 30.5 Å². The molecule has 0 bridgehead atoms. The zero-order valence-electron chi connectivity index (χ0n) is 13.4. The van der Waals surface area contributed by atoms with Gasteiger partial charge in [0, 0.05) is 18.8 Å². The Labute approximate surface area is 148 Å². The summed E-state index contributed by atoms with van der Waals surface area (Å²) in [5.41, 5.74) is 13.2. The summed E-state index contributed by atoms with van der Waals surface area (Å²) in [5.74, 6) is -0.524. The standard InChI is InChI=1S/C19H22N2O2.ClH/c20-17(11-12-19(21)23)18(22)13-16(14-7-3-1-4-8-14)15-9-5-2-6-10-15;/h1-10,16-17H,11-13,20H2,(H2,21,23);1H/t17-;/m1./s1. The van der Waals surface area contributed by atoms with Crippen LogP contribution in [0.25, 0.3) is 0 Å². The van der Waals surface area contributed by atoms with Gasteiger partial charge >= 0.3 is 0 Å². The zero-order valence-corrected chi connectivity index (χ0v) is 14.2. The number of benzene rings is 2. The normalized spacial score (nSPS) is 11.6. The highest BCUT2D eigenvalue weighted by molar-refractivity contribution is 5.86. The van der Waals surface area contributed by atoms with Crippen LogP contribution in [-0.4, -0.2) is 17.7 Å². The van der Waals surface area contributed by atoms with Crippen LogP contribution in [0.2, 0.25) is 0 Å². The third-order valence-electron chi connectivity index (χ3n) is 3.92. The van der Waals surface area contributed by atoms with E-state index in [1.54, 1.807) is 0 Å². The van der Waals surface area contributed by atoms with Crippen LogP contribution in [0.3, 0.4) is 0 Å². The van der Waals surface area contributed by atoms with Crippen LogP contribution in [0.15, 0.2) is 60.7 Å². The number of ketones is 1. The van der Waals surface area contributed by atoms with E-state index in [9.17, 15) is 9.59 Å². The molecule has 0 radical (unpaired) electrons. The summed E-state index contributed by atoms with van der Waals surface area (Å²) in [6.07, 6.45) is 0.743. The van der Waals surface area contributed by atoms with E-state index in [0.29, 0.717) is 12.8 Å². The molecule has 0 saturated carbocycles. The van der Waals surface area contributed by atoms with Crippen molar-refractivity contribution < 1.29 is 9.59 Å². The highest BCUT2D eigenvalue weighted by atomic mass is 35.5. The van der Waals surface area contributed by atoms with Crippen molar-refractivity contribution in [2.45, 2.75) is 31.2 Å². The van der Waals surface area contributed by atoms with Crippen LogP contribution in [0, 0.1) is 0 Å². The van der Waals surface area contributed by atoms with Crippen molar-refractivity contribution in [3.8, 4) is 0 Å². The molecule has 2 rings (SSSR count). The van der Waals surface area contributed by atoms with Crippen LogP contribution >= 0.6 is 12.4 Å². The molecular formula is C19H23ClN2O2. The fraction of sp³-hybridized carbons (Fsp3) is 0.263. The maximum absolute atomic E-state index is 12.4. The lowest BCUT2D eigenvalue weighted by Gasteiger charge is -2.19. The molecule has 0 spiro atoms. The average molecular weight is 347 g/mol. The summed E-state index contributed by atoms with van der Waals surface area (Å²) < 4.78 is 0. The second-order valence-corrected chi connectivity index (χ2v) is 5.66. The highest BCUT2D eigenvalue weighted by Gasteiger charge is 2.22. The van der Waals surface area contributed by atoms with Gasteiger partial charge in [-0.3, -0.25) is 9.59 Å². The van der Waals surface area contributed by atoms with E-state index in [4.69, 9.17) is 11.5 Å². The molecule has 0 aromatic heterocycles. The number of Topliss-reactive ketones (excluding diaryl/α,β-unsaturated/α-hetero) is 1. The van der Waals surface area contributed by atoms with Crippen LogP contribution in [0.4, 0.5) is 0 Å². The maximum Gasteiger partial charge on any atom is 0.217 e. The van der Waals surface area contributed by atoms with Crippen LogP contribution in [0.5, 0.6) is 0 Å². The van der Waals surface area contributed by atoms with E-state index < -0.39 is 11.9 Å². The first-order valence-electron chi connectivity index (χ1n) is 7.74. The second-order valence-electron chi connectivity index (χ2n) is 5.66. The van der Waals surface area contributed by atoms with Gasteiger partial charge in [-0.25, -0.2) is 0 Å². The van der Waals surface area contributed by atoms with Gasteiger partial charge in [0.2, 0.25) is 5.91 Å². The Balaban J connectivity index is 0.00000288. The van der Waals surface area contributed by atoms with Gasteiger partial charge in [0.25, 0.3) is 0 Å². The van der Waals surface area contributed by atoms with E-state index >= 15 is 0 Å². The van der Waals surface area contributed by atoms with Gasteiger partial charge in [-0.1, -0.05) is 60.7 Å². The molecule has 5 heteroatoms. The highest BCUT2D eigenvalue weighted by Crippen LogP contribution is 2.28. The Morgan fingerprint density at radius 3 is 1.75 bits per heavy atom. The van der Waals surface area contributed by atoms with E-state index in [2.05, 4.69) is 0 Å². The number of rotatable bonds is 8. The number of halogens is 1. The molecule has 0 aliphatic carbocycles. The molecule has 2 aromatic carbocycles. The number of hydrogen-bond donors (Lipinski definition) is 2. The molecule has 128 valence electrons. The van der Waals surface area contributed by atoms with Gasteiger partial charge in [0.1, 0.15) is 5.78 Å². The zero-order chi connectivity index (χ0) is 16.7. The summed E-state index contributed by atoms with van der Waals surface area (Å²) in [4.78, 5) is 23.3. The van der Waals surface area contributed by atoms with E-state index in [0.717, 1.165) is 11.1 Å². The summed E-state index contributed by atoms with van der Waals surface area (Å²) >= 11 is 0. The van der Waals surface area contributed by atoms with Gasteiger partial charge in [-0.2, -0.15) is 0 Å². The molecule has 0 unspecified atom stereocenters. The Kier molecular flexibility index (Phi) is 8.16. The fourth-order valence-electron chi connectivity index (χ4n) is 2.61.